The third-order valence-corrected chi connectivity index (χ3v) is 1.67. The number of aryl methyl sites for hydroxylation is 1. The lowest BCUT2D eigenvalue weighted by Gasteiger charge is -2.06. The minimum Gasteiger partial charge on any atom is -0.481 e. The van der Waals surface area contributed by atoms with Crippen LogP contribution in [-0.4, -0.2) is 22.6 Å². The van der Waals surface area contributed by atoms with E-state index in [0.717, 1.165) is 11.3 Å². The lowest BCUT2D eigenvalue weighted by Crippen LogP contribution is -2.08. The van der Waals surface area contributed by atoms with Crippen molar-refractivity contribution in [2.24, 2.45) is 0 Å². The zero-order valence-corrected chi connectivity index (χ0v) is 7.45. The molecule has 0 aliphatic rings. The van der Waals surface area contributed by atoms with Gasteiger partial charge in [0.05, 0.1) is 6.42 Å². The standard InChI is InChI=1S/C9H12N2O2/c1-7-6-10-4-2-8(7)11-5-3-9(12)13/h2,4,6H,3,5H2,1H3,(H,10,11)(H,12,13). The van der Waals surface area contributed by atoms with Gasteiger partial charge in [0.2, 0.25) is 0 Å². The Hall–Kier alpha value is -1.58. The molecule has 1 aromatic rings. The first kappa shape index (κ1) is 9.51. The second kappa shape index (κ2) is 4.45. The molecule has 0 amide bonds. The second-order valence-corrected chi connectivity index (χ2v) is 2.76. The van der Waals surface area contributed by atoms with Crippen molar-refractivity contribution in [2.45, 2.75) is 13.3 Å². The number of hydrogen-bond acceptors (Lipinski definition) is 3. The molecule has 1 heterocycles. The zero-order valence-electron chi connectivity index (χ0n) is 7.45. The highest BCUT2D eigenvalue weighted by Gasteiger charge is 1.98. The van der Waals surface area contributed by atoms with Gasteiger partial charge in [0.1, 0.15) is 0 Å². The van der Waals surface area contributed by atoms with Gasteiger partial charge in [-0.05, 0) is 18.6 Å². The maximum atomic E-state index is 10.2. The van der Waals surface area contributed by atoms with Crippen molar-refractivity contribution in [2.75, 3.05) is 11.9 Å². The number of nitrogens with one attached hydrogen (secondary N) is 1. The number of aliphatic carboxylic acids is 1. The van der Waals surface area contributed by atoms with Gasteiger partial charge in [-0.3, -0.25) is 9.78 Å². The highest BCUT2D eigenvalue weighted by atomic mass is 16.4. The van der Waals surface area contributed by atoms with Gasteiger partial charge in [0.25, 0.3) is 0 Å². The Bertz CT molecular complexity index is 299. The monoisotopic (exact) mass is 180 g/mol. The molecule has 0 unspecified atom stereocenters. The predicted molar refractivity (Wildman–Crippen MR) is 49.7 cm³/mol. The molecule has 1 aromatic heterocycles. The largest absolute Gasteiger partial charge is 0.481 e. The molecule has 0 bridgehead atoms. The van der Waals surface area contributed by atoms with Crippen molar-refractivity contribution >= 4 is 11.7 Å². The topological polar surface area (TPSA) is 62.2 Å². The maximum Gasteiger partial charge on any atom is 0.305 e. The van der Waals surface area contributed by atoms with Crippen LogP contribution in [0.15, 0.2) is 18.5 Å². The molecule has 0 saturated heterocycles. The smallest absolute Gasteiger partial charge is 0.305 e. The van der Waals surface area contributed by atoms with Crippen LogP contribution in [0.5, 0.6) is 0 Å². The van der Waals surface area contributed by atoms with Crippen molar-refractivity contribution < 1.29 is 9.90 Å². The molecule has 0 spiro atoms. The summed E-state index contributed by atoms with van der Waals surface area (Å²) in [6.45, 7) is 2.37. The number of nitrogens with zero attached hydrogens (tertiary/aromatic N) is 1. The van der Waals surface area contributed by atoms with E-state index in [-0.39, 0.29) is 6.42 Å². The van der Waals surface area contributed by atoms with Gasteiger partial charge >= 0.3 is 5.97 Å². The van der Waals surface area contributed by atoms with Crippen LogP contribution in [0.3, 0.4) is 0 Å². The van der Waals surface area contributed by atoms with E-state index >= 15 is 0 Å². The molecule has 1 rings (SSSR count). The number of pyridine rings is 1. The number of rotatable bonds is 4. The zero-order chi connectivity index (χ0) is 9.68. The van der Waals surface area contributed by atoms with Gasteiger partial charge in [-0.25, -0.2) is 0 Å². The SMILES string of the molecule is Cc1cnccc1NCCC(=O)O. The summed E-state index contributed by atoms with van der Waals surface area (Å²) in [5.41, 5.74) is 1.96. The Morgan fingerprint density at radius 2 is 2.46 bits per heavy atom. The van der Waals surface area contributed by atoms with E-state index in [1.165, 1.54) is 0 Å². The molecule has 0 fully saturated rings. The number of carboxylic acids is 1. The number of anilines is 1. The molecule has 2 N–H and O–H groups in total. The lowest BCUT2D eigenvalue weighted by atomic mass is 10.2. The minimum absolute atomic E-state index is 0.127. The average Bonchev–Trinajstić information content (AvgIpc) is 2.08. The van der Waals surface area contributed by atoms with E-state index in [2.05, 4.69) is 10.3 Å². The predicted octanol–water partition coefficient (Wildman–Crippen LogP) is 1.28. The summed E-state index contributed by atoms with van der Waals surface area (Å²) < 4.78 is 0. The van der Waals surface area contributed by atoms with Crippen LogP contribution in [0.2, 0.25) is 0 Å². The summed E-state index contributed by atoms with van der Waals surface area (Å²) in [5, 5.41) is 11.4. The van der Waals surface area contributed by atoms with E-state index in [1.807, 2.05) is 13.0 Å². The van der Waals surface area contributed by atoms with Gasteiger partial charge in [-0.2, -0.15) is 0 Å². The summed E-state index contributed by atoms with van der Waals surface area (Å²) in [4.78, 5) is 14.2. The van der Waals surface area contributed by atoms with Crippen LogP contribution in [0.25, 0.3) is 0 Å². The third kappa shape index (κ3) is 3.11. The van der Waals surface area contributed by atoms with Crippen LogP contribution in [0.1, 0.15) is 12.0 Å². The molecule has 0 aliphatic heterocycles. The number of carboxylic acid groups (broad SMARTS) is 1. The fourth-order valence-corrected chi connectivity index (χ4v) is 0.976. The Morgan fingerprint density at radius 1 is 1.69 bits per heavy atom. The molecule has 13 heavy (non-hydrogen) atoms. The third-order valence-electron chi connectivity index (χ3n) is 1.67. The Labute approximate surface area is 76.6 Å². The number of carbonyl (C=O) groups is 1. The van der Waals surface area contributed by atoms with Gasteiger partial charge in [0.15, 0.2) is 0 Å². The summed E-state index contributed by atoms with van der Waals surface area (Å²) in [7, 11) is 0. The molecule has 70 valence electrons. The van der Waals surface area contributed by atoms with Crippen LogP contribution in [0.4, 0.5) is 5.69 Å². The van der Waals surface area contributed by atoms with Gasteiger partial charge < -0.3 is 10.4 Å². The van der Waals surface area contributed by atoms with Gasteiger partial charge in [0, 0.05) is 24.6 Å². The van der Waals surface area contributed by atoms with Crippen molar-refractivity contribution in [1.29, 1.82) is 0 Å². The second-order valence-electron chi connectivity index (χ2n) is 2.76. The van der Waals surface area contributed by atoms with Crippen molar-refractivity contribution in [3.63, 3.8) is 0 Å². The van der Waals surface area contributed by atoms with Crippen LogP contribution >= 0.6 is 0 Å². The van der Waals surface area contributed by atoms with Crippen molar-refractivity contribution in [3.05, 3.63) is 24.0 Å². The molecule has 0 aliphatic carbocycles. The molecular formula is C9H12N2O2. The fourth-order valence-electron chi connectivity index (χ4n) is 0.976. The average molecular weight is 180 g/mol. The van der Waals surface area contributed by atoms with Crippen molar-refractivity contribution in [3.8, 4) is 0 Å². The van der Waals surface area contributed by atoms with Crippen molar-refractivity contribution in [1.82, 2.24) is 4.98 Å². The number of hydrogen-bond donors (Lipinski definition) is 2. The quantitative estimate of drug-likeness (QED) is 0.732. The number of aromatic nitrogens is 1. The van der Waals surface area contributed by atoms with E-state index < -0.39 is 5.97 Å². The van der Waals surface area contributed by atoms with Crippen LogP contribution < -0.4 is 5.32 Å². The molecule has 0 saturated carbocycles. The van der Waals surface area contributed by atoms with Gasteiger partial charge in [-0.15, -0.1) is 0 Å². The van der Waals surface area contributed by atoms with Crippen LogP contribution in [-0.2, 0) is 4.79 Å². The molecule has 0 atom stereocenters. The molecule has 0 radical (unpaired) electrons. The first-order chi connectivity index (χ1) is 6.20. The Kier molecular flexibility index (Phi) is 3.25. The normalized spacial score (nSPS) is 9.62. The highest BCUT2D eigenvalue weighted by Crippen LogP contribution is 2.10. The molecule has 0 aromatic carbocycles. The first-order valence-electron chi connectivity index (χ1n) is 4.06. The lowest BCUT2D eigenvalue weighted by molar-refractivity contribution is -0.136. The Balaban J connectivity index is 2.45. The van der Waals surface area contributed by atoms with E-state index in [0.29, 0.717) is 6.54 Å². The van der Waals surface area contributed by atoms with Crippen LogP contribution in [0, 0.1) is 6.92 Å². The van der Waals surface area contributed by atoms with E-state index in [1.54, 1.807) is 12.4 Å². The molecular weight excluding hydrogens is 168 g/mol. The molecule has 4 heteroatoms. The van der Waals surface area contributed by atoms with E-state index in [9.17, 15) is 4.79 Å². The maximum absolute atomic E-state index is 10.2. The summed E-state index contributed by atoms with van der Waals surface area (Å²) in [6.07, 6.45) is 3.54. The van der Waals surface area contributed by atoms with Gasteiger partial charge in [-0.1, -0.05) is 0 Å². The van der Waals surface area contributed by atoms with E-state index in [4.69, 9.17) is 5.11 Å². The minimum atomic E-state index is -0.792. The Morgan fingerprint density at radius 3 is 3.08 bits per heavy atom. The summed E-state index contributed by atoms with van der Waals surface area (Å²) in [5.74, 6) is -0.792. The summed E-state index contributed by atoms with van der Waals surface area (Å²) in [6, 6.07) is 1.83. The fraction of sp³-hybridized carbons (Fsp3) is 0.333. The summed E-state index contributed by atoms with van der Waals surface area (Å²) >= 11 is 0. The highest BCUT2D eigenvalue weighted by molar-refractivity contribution is 5.67. The first-order valence-corrected chi connectivity index (χ1v) is 4.06. The molecule has 4 nitrogen and oxygen atoms in total.